The summed E-state index contributed by atoms with van der Waals surface area (Å²) in [6.07, 6.45) is 4.45. The van der Waals surface area contributed by atoms with Gasteiger partial charge in [-0.3, -0.25) is 10.0 Å². The molecule has 0 heterocycles. The maximum absolute atomic E-state index is 3.99. The molecule has 0 N–H and O–H groups in total. The molecule has 0 aliphatic rings. The van der Waals surface area contributed by atoms with Gasteiger partial charge in [0.2, 0.25) is 0 Å². The Kier molecular flexibility index (Phi) is 4.78. The molecular formula is C6H13N3. The highest BCUT2D eigenvalue weighted by Gasteiger charge is 1.78. The van der Waals surface area contributed by atoms with E-state index in [0.717, 1.165) is 6.42 Å². The topological polar surface area (TPSA) is 28.0 Å². The molecule has 52 valence electrons. The van der Waals surface area contributed by atoms with Crippen LogP contribution in [-0.4, -0.2) is 31.7 Å². The zero-order chi connectivity index (χ0) is 7.11. The average Bonchev–Trinajstić information content (AvgIpc) is 1.85. The molecule has 0 radical (unpaired) electrons. The van der Waals surface area contributed by atoms with Crippen LogP contribution in [0.3, 0.4) is 0 Å². The molecule has 0 amide bonds. The molecule has 0 aliphatic carbocycles. The van der Waals surface area contributed by atoms with Gasteiger partial charge in [0, 0.05) is 20.3 Å². The van der Waals surface area contributed by atoms with E-state index in [1.807, 2.05) is 20.2 Å². The maximum atomic E-state index is 3.99. The number of hydrogen-bond donors (Lipinski definition) is 0. The monoisotopic (exact) mass is 127 g/mol. The number of hydrazone groups is 1. The molecule has 0 saturated carbocycles. The predicted octanol–water partition coefficient (Wildman–Crippen LogP) is 0.972. The van der Waals surface area contributed by atoms with Crippen LogP contribution in [0.15, 0.2) is 10.1 Å². The van der Waals surface area contributed by atoms with Crippen LogP contribution in [0.5, 0.6) is 0 Å². The Hall–Kier alpha value is -0.860. The fourth-order valence-corrected chi connectivity index (χ4v) is 0.407. The summed E-state index contributed by atoms with van der Waals surface area (Å²) in [6.45, 7) is 2.04. The summed E-state index contributed by atoms with van der Waals surface area (Å²) in [5.74, 6) is 0. The first-order valence-electron chi connectivity index (χ1n) is 2.98. The normalized spacial score (nSPS) is 11.4. The fraction of sp³-hybridized carbons (Fsp3) is 0.667. The van der Waals surface area contributed by atoms with Crippen molar-refractivity contribution in [2.24, 2.45) is 10.1 Å². The molecule has 0 aliphatic heterocycles. The van der Waals surface area contributed by atoms with E-state index < -0.39 is 0 Å². The van der Waals surface area contributed by atoms with Crippen molar-refractivity contribution in [3.63, 3.8) is 0 Å². The molecule has 0 spiro atoms. The minimum Gasteiger partial charge on any atom is -0.277 e. The second-order valence-corrected chi connectivity index (χ2v) is 1.65. The summed E-state index contributed by atoms with van der Waals surface area (Å²) >= 11 is 0. The van der Waals surface area contributed by atoms with Gasteiger partial charge in [0.05, 0.1) is 0 Å². The molecule has 0 aromatic heterocycles. The van der Waals surface area contributed by atoms with E-state index in [4.69, 9.17) is 0 Å². The molecule has 0 aromatic rings. The van der Waals surface area contributed by atoms with Crippen molar-refractivity contribution in [3.05, 3.63) is 0 Å². The summed E-state index contributed by atoms with van der Waals surface area (Å²) in [5, 5.41) is 5.66. The smallest absolute Gasteiger partial charge is 0.105 e. The molecule has 3 nitrogen and oxygen atoms in total. The lowest BCUT2D eigenvalue weighted by Crippen LogP contribution is -2.07. The van der Waals surface area contributed by atoms with Crippen LogP contribution in [0.25, 0.3) is 0 Å². The summed E-state index contributed by atoms with van der Waals surface area (Å²) in [5.41, 5.74) is 0. The third-order valence-electron chi connectivity index (χ3n) is 0.729. The Morgan fingerprint density at radius 2 is 2.22 bits per heavy atom. The van der Waals surface area contributed by atoms with Crippen LogP contribution in [-0.2, 0) is 0 Å². The van der Waals surface area contributed by atoms with Gasteiger partial charge in [-0.2, -0.15) is 5.10 Å². The Morgan fingerprint density at radius 3 is 2.67 bits per heavy atom. The SMILES string of the molecule is CC/C=N\N(C)/C=N\C. The molecule has 0 fully saturated rings. The Labute approximate surface area is 56.1 Å². The van der Waals surface area contributed by atoms with Gasteiger partial charge in [-0.05, 0) is 6.42 Å². The Bertz CT molecular complexity index is 107. The standard InChI is InChI=1S/C6H13N3/c1-4-5-8-9(3)6-7-2/h5-6H,4H2,1-3H3/b7-6-,8-5-. The number of hydrogen-bond acceptors (Lipinski definition) is 2. The average molecular weight is 127 g/mol. The highest BCUT2D eigenvalue weighted by atomic mass is 15.4. The lowest BCUT2D eigenvalue weighted by Gasteiger charge is -2.01. The molecule has 0 atom stereocenters. The van der Waals surface area contributed by atoms with E-state index in [1.54, 1.807) is 18.4 Å². The lowest BCUT2D eigenvalue weighted by molar-refractivity contribution is 0.562. The lowest BCUT2D eigenvalue weighted by atomic mass is 10.6. The molecule has 3 heteroatoms. The van der Waals surface area contributed by atoms with Crippen molar-refractivity contribution in [1.82, 2.24) is 5.01 Å². The minimum atomic E-state index is 0.960. The van der Waals surface area contributed by atoms with Crippen molar-refractivity contribution in [3.8, 4) is 0 Å². The van der Waals surface area contributed by atoms with Crippen LogP contribution in [0.4, 0.5) is 0 Å². The maximum Gasteiger partial charge on any atom is 0.105 e. The van der Waals surface area contributed by atoms with Crippen molar-refractivity contribution in [2.75, 3.05) is 14.1 Å². The van der Waals surface area contributed by atoms with E-state index in [2.05, 4.69) is 10.1 Å². The second kappa shape index (κ2) is 5.28. The molecule has 0 rings (SSSR count). The second-order valence-electron chi connectivity index (χ2n) is 1.65. The van der Waals surface area contributed by atoms with Gasteiger partial charge >= 0.3 is 0 Å². The first-order chi connectivity index (χ1) is 4.31. The predicted molar refractivity (Wildman–Crippen MR) is 41.0 cm³/mol. The third-order valence-corrected chi connectivity index (χ3v) is 0.729. The van der Waals surface area contributed by atoms with Crippen molar-refractivity contribution >= 4 is 12.6 Å². The van der Waals surface area contributed by atoms with Gasteiger partial charge in [-0.15, -0.1) is 0 Å². The highest BCUT2D eigenvalue weighted by Crippen LogP contribution is 1.76. The van der Waals surface area contributed by atoms with Crippen molar-refractivity contribution in [2.45, 2.75) is 13.3 Å². The van der Waals surface area contributed by atoms with Gasteiger partial charge < -0.3 is 0 Å². The summed E-state index contributed by atoms with van der Waals surface area (Å²) in [6, 6.07) is 0. The van der Waals surface area contributed by atoms with Crippen LogP contribution >= 0.6 is 0 Å². The molecule has 0 aromatic carbocycles. The van der Waals surface area contributed by atoms with Crippen molar-refractivity contribution < 1.29 is 0 Å². The summed E-state index contributed by atoms with van der Waals surface area (Å²) < 4.78 is 0. The molecule has 9 heavy (non-hydrogen) atoms. The van der Waals surface area contributed by atoms with Gasteiger partial charge in [0.25, 0.3) is 0 Å². The summed E-state index contributed by atoms with van der Waals surface area (Å²) in [4.78, 5) is 3.78. The van der Waals surface area contributed by atoms with Gasteiger partial charge in [-0.1, -0.05) is 6.92 Å². The van der Waals surface area contributed by atoms with Crippen LogP contribution in [0.2, 0.25) is 0 Å². The molecule has 0 unspecified atom stereocenters. The van der Waals surface area contributed by atoms with Crippen LogP contribution < -0.4 is 0 Å². The van der Waals surface area contributed by atoms with E-state index in [0.29, 0.717) is 0 Å². The number of nitrogens with zero attached hydrogens (tertiary/aromatic N) is 3. The summed E-state index contributed by atoms with van der Waals surface area (Å²) in [7, 11) is 3.57. The minimum absolute atomic E-state index is 0.960. The van der Waals surface area contributed by atoms with Crippen LogP contribution in [0, 0.1) is 0 Å². The van der Waals surface area contributed by atoms with E-state index in [-0.39, 0.29) is 0 Å². The van der Waals surface area contributed by atoms with Crippen molar-refractivity contribution in [1.29, 1.82) is 0 Å². The molecular weight excluding hydrogens is 114 g/mol. The number of aliphatic imine (C=N–C) groups is 1. The van der Waals surface area contributed by atoms with Gasteiger partial charge in [0.1, 0.15) is 6.34 Å². The first-order valence-corrected chi connectivity index (χ1v) is 2.98. The van der Waals surface area contributed by atoms with Crippen LogP contribution in [0.1, 0.15) is 13.3 Å². The highest BCUT2D eigenvalue weighted by molar-refractivity contribution is 5.60. The van der Waals surface area contributed by atoms with Gasteiger partial charge in [0.15, 0.2) is 0 Å². The zero-order valence-corrected chi connectivity index (χ0v) is 6.20. The fourth-order valence-electron chi connectivity index (χ4n) is 0.407. The Morgan fingerprint density at radius 1 is 1.56 bits per heavy atom. The Balaban J connectivity index is 3.48. The number of rotatable bonds is 3. The third kappa shape index (κ3) is 5.00. The molecule has 0 bridgehead atoms. The molecule has 0 saturated heterocycles. The zero-order valence-electron chi connectivity index (χ0n) is 6.20. The van der Waals surface area contributed by atoms with Gasteiger partial charge in [-0.25, -0.2) is 0 Å². The first kappa shape index (κ1) is 8.14. The van der Waals surface area contributed by atoms with E-state index in [1.165, 1.54) is 0 Å². The largest absolute Gasteiger partial charge is 0.277 e. The van der Waals surface area contributed by atoms with E-state index >= 15 is 0 Å². The van der Waals surface area contributed by atoms with E-state index in [9.17, 15) is 0 Å². The quantitative estimate of drug-likeness (QED) is 0.315.